The van der Waals surface area contributed by atoms with Gasteiger partial charge in [0.2, 0.25) is 0 Å². The average Bonchev–Trinajstić information content (AvgIpc) is 2.83. The molecule has 88 valence electrons. The Hall–Kier alpha value is -2.55. The molecule has 0 aliphatic carbocycles. The predicted octanol–water partition coefficient (Wildman–Crippen LogP) is 3.80. The summed E-state index contributed by atoms with van der Waals surface area (Å²) in [6, 6.07) is 16.4. The van der Waals surface area contributed by atoms with Gasteiger partial charge in [0.05, 0.1) is 5.56 Å². The molecular weight excluding hydrogens is 228 g/mol. The first-order valence-corrected chi connectivity index (χ1v) is 5.57. The zero-order chi connectivity index (χ0) is 12.5. The van der Waals surface area contributed by atoms with Crippen LogP contribution in [0, 0.1) is 0 Å². The normalized spacial score (nSPS) is 10.7. The van der Waals surface area contributed by atoms with Crippen molar-refractivity contribution in [3.8, 4) is 11.3 Å². The summed E-state index contributed by atoms with van der Waals surface area (Å²) in [5.41, 5.74) is 1.79. The summed E-state index contributed by atoms with van der Waals surface area (Å²) in [4.78, 5) is 11.1. The quantitative estimate of drug-likeness (QED) is 0.738. The molecule has 0 saturated heterocycles. The van der Waals surface area contributed by atoms with Crippen molar-refractivity contribution in [1.29, 1.82) is 0 Å². The van der Waals surface area contributed by atoms with Gasteiger partial charge in [-0.05, 0) is 18.2 Å². The van der Waals surface area contributed by atoms with Crippen LogP contribution in [0.25, 0.3) is 22.3 Å². The largest absolute Gasteiger partial charge is 0.478 e. The van der Waals surface area contributed by atoms with E-state index in [4.69, 9.17) is 9.52 Å². The zero-order valence-corrected chi connectivity index (χ0v) is 9.46. The molecule has 0 amide bonds. The maximum Gasteiger partial charge on any atom is 0.336 e. The van der Waals surface area contributed by atoms with E-state index >= 15 is 0 Å². The van der Waals surface area contributed by atoms with Gasteiger partial charge in [-0.25, -0.2) is 4.79 Å². The topological polar surface area (TPSA) is 50.4 Å². The second kappa shape index (κ2) is 4.04. The van der Waals surface area contributed by atoms with E-state index in [1.54, 1.807) is 24.3 Å². The van der Waals surface area contributed by atoms with Crippen molar-refractivity contribution in [2.45, 2.75) is 0 Å². The molecule has 0 unspecified atom stereocenters. The van der Waals surface area contributed by atoms with Crippen molar-refractivity contribution < 1.29 is 14.3 Å². The lowest BCUT2D eigenvalue weighted by atomic mass is 10.1. The Kier molecular flexibility index (Phi) is 2.38. The molecule has 3 heteroatoms. The zero-order valence-electron chi connectivity index (χ0n) is 9.46. The van der Waals surface area contributed by atoms with Gasteiger partial charge in [-0.3, -0.25) is 0 Å². The minimum absolute atomic E-state index is 0.262. The van der Waals surface area contributed by atoms with Crippen LogP contribution < -0.4 is 0 Å². The molecule has 1 N–H and O–H groups in total. The minimum atomic E-state index is -0.944. The lowest BCUT2D eigenvalue weighted by Crippen LogP contribution is -1.95. The molecule has 1 heterocycles. The first kappa shape index (κ1) is 10.6. The molecule has 0 radical (unpaired) electrons. The van der Waals surface area contributed by atoms with Crippen molar-refractivity contribution >= 4 is 16.9 Å². The second-order valence-electron chi connectivity index (χ2n) is 4.00. The Labute approximate surface area is 103 Å². The summed E-state index contributed by atoms with van der Waals surface area (Å²) in [6.45, 7) is 0. The maximum absolute atomic E-state index is 11.1. The Morgan fingerprint density at radius 3 is 2.50 bits per heavy atom. The monoisotopic (exact) mass is 238 g/mol. The van der Waals surface area contributed by atoms with Gasteiger partial charge in [0, 0.05) is 10.9 Å². The van der Waals surface area contributed by atoms with E-state index < -0.39 is 5.97 Å². The van der Waals surface area contributed by atoms with E-state index in [0.717, 1.165) is 5.56 Å². The number of carboxylic acid groups (broad SMARTS) is 1. The van der Waals surface area contributed by atoms with Crippen LogP contribution in [-0.4, -0.2) is 11.1 Å². The Morgan fingerprint density at radius 1 is 1.00 bits per heavy atom. The SMILES string of the molecule is O=C(O)c1cccc2oc(-c3ccccc3)cc12. The van der Waals surface area contributed by atoms with Crippen LogP contribution in [-0.2, 0) is 0 Å². The number of fused-ring (bicyclic) bond motifs is 1. The predicted molar refractivity (Wildman–Crippen MR) is 68.6 cm³/mol. The molecular formula is C15H10O3. The molecule has 0 aliphatic rings. The molecule has 0 fully saturated rings. The van der Waals surface area contributed by atoms with Gasteiger partial charge in [0.15, 0.2) is 0 Å². The molecule has 0 aliphatic heterocycles. The number of hydrogen-bond acceptors (Lipinski definition) is 2. The molecule has 3 nitrogen and oxygen atoms in total. The molecule has 3 aromatic rings. The van der Waals surface area contributed by atoms with E-state index in [1.807, 2.05) is 30.3 Å². The van der Waals surface area contributed by atoms with Crippen molar-refractivity contribution in [2.75, 3.05) is 0 Å². The summed E-state index contributed by atoms with van der Waals surface area (Å²) in [7, 11) is 0. The third-order valence-electron chi connectivity index (χ3n) is 2.85. The van der Waals surface area contributed by atoms with E-state index in [2.05, 4.69) is 0 Å². The Bertz CT molecular complexity index is 711. The highest BCUT2D eigenvalue weighted by molar-refractivity contribution is 6.03. The van der Waals surface area contributed by atoms with Crippen LogP contribution in [0.2, 0.25) is 0 Å². The van der Waals surface area contributed by atoms with Crippen LogP contribution >= 0.6 is 0 Å². The number of rotatable bonds is 2. The standard InChI is InChI=1S/C15H10O3/c16-15(17)11-7-4-8-13-12(11)9-14(18-13)10-5-2-1-3-6-10/h1-9H,(H,16,17). The maximum atomic E-state index is 11.1. The van der Waals surface area contributed by atoms with Gasteiger partial charge >= 0.3 is 5.97 Å². The number of carboxylic acids is 1. The molecule has 18 heavy (non-hydrogen) atoms. The van der Waals surface area contributed by atoms with E-state index in [0.29, 0.717) is 16.7 Å². The number of hydrogen-bond donors (Lipinski definition) is 1. The fourth-order valence-corrected chi connectivity index (χ4v) is 1.99. The van der Waals surface area contributed by atoms with Crippen LogP contribution in [0.4, 0.5) is 0 Å². The molecule has 0 saturated carbocycles. The number of carbonyl (C=O) groups is 1. The summed E-state index contributed by atoms with van der Waals surface area (Å²) in [5, 5.41) is 9.75. The van der Waals surface area contributed by atoms with E-state index in [1.165, 1.54) is 0 Å². The number of aromatic carboxylic acids is 1. The van der Waals surface area contributed by atoms with Gasteiger partial charge < -0.3 is 9.52 Å². The highest BCUT2D eigenvalue weighted by Gasteiger charge is 2.13. The average molecular weight is 238 g/mol. The molecule has 0 atom stereocenters. The van der Waals surface area contributed by atoms with E-state index in [9.17, 15) is 4.79 Å². The van der Waals surface area contributed by atoms with Crippen molar-refractivity contribution in [1.82, 2.24) is 0 Å². The van der Waals surface area contributed by atoms with Crippen molar-refractivity contribution in [3.63, 3.8) is 0 Å². The number of furan rings is 1. The van der Waals surface area contributed by atoms with E-state index in [-0.39, 0.29) is 5.56 Å². The van der Waals surface area contributed by atoms with Gasteiger partial charge in [-0.2, -0.15) is 0 Å². The fraction of sp³-hybridized carbons (Fsp3) is 0. The first-order valence-electron chi connectivity index (χ1n) is 5.57. The minimum Gasteiger partial charge on any atom is -0.478 e. The third-order valence-corrected chi connectivity index (χ3v) is 2.85. The summed E-state index contributed by atoms with van der Waals surface area (Å²) >= 11 is 0. The van der Waals surface area contributed by atoms with Gasteiger partial charge in [-0.15, -0.1) is 0 Å². The lowest BCUT2D eigenvalue weighted by molar-refractivity contribution is 0.0699. The Morgan fingerprint density at radius 2 is 1.78 bits per heavy atom. The summed E-state index contributed by atoms with van der Waals surface area (Å²) in [5.74, 6) is -0.264. The number of benzene rings is 2. The Balaban J connectivity index is 2.23. The van der Waals surface area contributed by atoms with Crippen LogP contribution in [0.3, 0.4) is 0 Å². The van der Waals surface area contributed by atoms with Crippen molar-refractivity contribution in [3.05, 3.63) is 60.2 Å². The van der Waals surface area contributed by atoms with Crippen molar-refractivity contribution in [2.24, 2.45) is 0 Å². The molecule has 0 spiro atoms. The van der Waals surface area contributed by atoms with Crippen LogP contribution in [0.1, 0.15) is 10.4 Å². The summed E-state index contributed by atoms with van der Waals surface area (Å²) < 4.78 is 5.68. The first-order chi connectivity index (χ1) is 8.75. The van der Waals surface area contributed by atoms with Gasteiger partial charge in [0.25, 0.3) is 0 Å². The third kappa shape index (κ3) is 1.66. The fourth-order valence-electron chi connectivity index (χ4n) is 1.99. The highest BCUT2D eigenvalue weighted by Crippen LogP contribution is 2.29. The van der Waals surface area contributed by atoms with Gasteiger partial charge in [0.1, 0.15) is 11.3 Å². The molecule has 0 bridgehead atoms. The summed E-state index contributed by atoms with van der Waals surface area (Å²) in [6.07, 6.45) is 0. The lowest BCUT2D eigenvalue weighted by Gasteiger charge is -1.93. The highest BCUT2D eigenvalue weighted by atomic mass is 16.4. The molecule has 1 aromatic heterocycles. The smallest absolute Gasteiger partial charge is 0.336 e. The molecule has 2 aromatic carbocycles. The van der Waals surface area contributed by atoms with Crippen LogP contribution in [0.5, 0.6) is 0 Å². The van der Waals surface area contributed by atoms with Crippen LogP contribution in [0.15, 0.2) is 59.0 Å². The van der Waals surface area contributed by atoms with Gasteiger partial charge in [-0.1, -0.05) is 36.4 Å². The second-order valence-corrected chi connectivity index (χ2v) is 4.00. The molecule has 3 rings (SSSR count).